The van der Waals surface area contributed by atoms with Crippen molar-refractivity contribution in [2.24, 2.45) is 0 Å². The Bertz CT molecular complexity index is 1320. The van der Waals surface area contributed by atoms with Crippen LogP contribution < -0.4 is 10.9 Å². The van der Waals surface area contributed by atoms with Crippen LogP contribution >= 0.6 is 0 Å². The van der Waals surface area contributed by atoms with E-state index in [1.54, 1.807) is 29.1 Å². The summed E-state index contributed by atoms with van der Waals surface area (Å²) in [6.45, 7) is 8.69. The van der Waals surface area contributed by atoms with Gasteiger partial charge in [0.15, 0.2) is 0 Å². The molecule has 1 N–H and O–H groups in total. The second kappa shape index (κ2) is 8.84. The summed E-state index contributed by atoms with van der Waals surface area (Å²) in [5.74, 6) is 0.730. The topological polar surface area (TPSA) is 98.7 Å². The van der Waals surface area contributed by atoms with E-state index in [0.717, 1.165) is 28.9 Å². The molecule has 0 spiro atoms. The van der Waals surface area contributed by atoms with Gasteiger partial charge >= 0.3 is 0 Å². The molecule has 1 aromatic carbocycles. The summed E-state index contributed by atoms with van der Waals surface area (Å²) in [5.41, 5.74) is 5.88. The first kappa shape index (κ1) is 21.6. The summed E-state index contributed by atoms with van der Waals surface area (Å²) in [5, 5.41) is 11.6. The normalized spacial score (nSPS) is 11.3. The molecule has 32 heavy (non-hydrogen) atoms. The van der Waals surface area contributed by atoms with Crippen molar-refractivity contribution in [3.8, 4) is 34.3 Å². The number of hydrogen-bond acceptors (Lipinski definition) is 7. The van der Waals surface area contributed by atoms with Crippen LogP contribution in [0.15, 0.2) is 51.9 Å². The molecular formula is C24H26N6O2. The molecule has 0 saturated heterocycles. The molecule has 0 amide bonds. The maximum absolute atomic E-state index is 12.3. The molecule has 0 aliphatic heterocycles. The molecule has 4 aromatic rings. The van der Waals surface area contributed by atoms with Crippen LogP contribution in [0.25, 0.3) is 34.3 Å². The van der Waals surface area contributed by atoms with Crippen molar-refractivity contribution >= 4 is 0 Å². The highest BCUT2D eigenvalue weighted by molar-refractivity contribution is 5.64. The lowest BCUT2D eigenvalue weighted by Gasteiger charge is -2.16. The standard InChI is InChI=1S/C24H26N6O2/c1-14(2)30-16(4)19(8-9-22(30)31)20-12-26-13-21(27-20)24-29-28-23(32-24)18-7-6-17(11-25-5)10-15(18)3/h6-10,12-14,25H,11H2,1-5H3. The Morgan fingerprint density at radius 1 is 1.00 bits per heavy atom. The molecule has 4 rings (SSSR count). The summed E-state index contributed by atoms with van der Waals surface area (Å²) in [6.07, 6.45) is 3.26. The number of pyridine rings is 1. The van der Waals surface area contributed by atoms with E-state index >= 15 is 0 Å². The predicted molar refractivity (Wildman–Crippen MR) is 123 cm³/mol. The molecule has 8 heteroatoms. The highest BCUT2D eigenvalue weighted by atomic mass is 16.4. The first-order valence-corrected chi connectivity index (χ1v) is 10.5. The van der Waals surface area contributed by atoms with Crippen molar-refractivity contribution in [3.63, 3.8) is 0 Å². The van der Waals surface area contributed by atoms with Crippen LogP contribution in [0.3, 0.4) is 0 Å². The number of nitrogens with zero attached hydrogens (tertiary/aromatic N) is 5. The lowest BCUT2D eigenvalue weighted by atomic mass is 10.1. The smallest absolute Gasteiger partial charge is 0.268 e. The van der Waals surface area contributed by atoms with Gasteiger partial charge in [-0.3, -0.25) is 9.78 Å². The summed E-state index contributed by atoms with van der Waals surface area (Å²) in [4.78, 5) is 21.3. The van der Waals surface area contributed by atoms with Crippen LogP contribution in [0.2, 0.25) is 0 Å². The third kappa shape index (κ3) is 4.09. The lowest BCUT2D eigenvalue weighted by molar-refractivity contribution is 0.563. The lowest BCUT2D eigenvalue weighted by Crippen LogP contribution is -2.23. The monoisotopic (exact) mass is 430 g/mol. The fourth-order valence-corrected chi connectivity index (χ4v) is 3.88. The average molecular weight is 431 g/mol. The highest BCUT2D eigenvalue weighted by Crippen LogP contribution is 2.28. The molecule has 164 valence electrons. The van der Waals surface area contributed by atoms with Gasteiger partial charge in [-0.2, -0.15) is 0 Å². The van der Waals surface area contributed by atoms with Crippen LogP contribution in [-0.4, -0.2) is 31.8 Å². The molecule has 0 radical (unpaired) electrons. The van der Waals surface area contributed by atoms with Crippen molar-refractivity contribution in [1.29, 1.82) is 0 Å². The Kier molecular flexibility index (Phi) is 5.96. The number of aryl methyl sites for hydroxylation is 1. The third-order valence-electron chi connectivity index (χ3n) is 5.35. The summed E-state index contributed by atoms with van der Waals surface area (Å²) in [7, 11) is 1.92. The van der Waals surface area contributed by atoms with Crippen molar-refractivity contribution in [2.45, 2.75) is 40.3 Å². The predicted octanol–water partition coefficient (Wildman–Crippen LogP) is 3.94. The Labute approximate surface area is 186 Å². The number of aromatic nitrogens is 5. The summed E-state index contributed by atoms with van der Waals surface area (Å²) < 4.78 is 7.69. The van der Waals surface area contributed by atoms with E-state index in [1.165, 1.54) is 5.56 Å². The molecule has 0 unspecified atom stereocenters. The van der Waals surface area contributed by atoms with Crippen molar-refractivity contribution in [3.05, 3.63) is 69.9 Å². The Balaban J connectivity index is 1.70. The zero-order chi connectivity index (χ0) is 22.8. The third-order valence-corrected chi connectivity index (χ3v) is 5.35. The maximum Gasteiger partial charge on any atom is 0.268 e. The van der Waals surface area contributed by atoms with Crippen LogP contribution in [0.5, 0.6) is 0 Å². The van der Waals surface area contributed by atoms with Crippen molar-refractivity contribution < 1.29 is 4.42 Å². The number of hydrogen-bond donors (Lipinski definition) is 1. The molecule has 8 nitrogen and oxygen atoms in total. The van der Waals surface area contributed by atoms with E-state index in [-0.39, 0.29) is 11.6 Å². The second-order valence-electron chi connectivity index (χ2n) is 8.02. The van der Waals surface area contributed by atoms with Gasteiger partial charge in [-0.25, -0.2) is 4.98 Å². The largest absolute Gasteiger partial charge is 0.415 e. The van der Waals surface area contributed by atoms with Gasteiger partial charge in [0.2, 0.25) is 5.89 Å². The van der Waals surface area contributed by atoms with Crippen molar-refractivity contribution in [2.75, 3.05) is 7.05 Å². The first-order valence-electron chi connectivity index (χ1n) is 10.5. The minimum Gasteiger partial charge on any atom is -0.415 e. The molecule has 0 bridgehead atoms. The van der Waals surface area contributed by atoms with Gasteiger partial charge in [-0.05, 0) is 58.0 Å². The average Bonchev–Trinajstić information content (AvgIpc) is 3.24. The minimum atomic E-state index is -0.0389. The molecule has 3 heterocycles. The molecule has 0 saturated carbocycles. The van der Waals surface area contributed by atoms with E-state index in [4.69, 9.17) is 4.42 Å². The zero-order valence-electron chi connectivity index (χ0n) is 18.9. The molecule has 3 aromatic heterocycles. The van der Waals surface area contributed by atoms with Gasteiger partial charge in [0.05, 0.1) is 18.1 Å². The van der Waals surface area contributed by atoms with Gasteiger partial charge < -0.3 is 14.3 Å². The number of nitrogens with one attached hydrogen (secondary N) is 1. The fourth-order valence-electron chi connectivity index (χ4n) is 3.88. The van der Waals surface area contributed by atoms with Gasteiger partial charge in [-0.15, -0.1) is 10.2 Å². The van der Waals surface area contributed by atoms with E-state index in [9.17, 15) is 4.79 Å². The van der Waals surface area contributed by atoms with Gasteiger partial charge in [0, 0.05) is 35.5 Å². The molecular weight excluding hydrogens is 404 g/mol. The Morgan fingerprint density at radius 2 is 1.72 bits per heavy atom. The molecule has 0 atom stereocenters. The van der Waals surface area contributed by atoms with E-state index in [0.29, 0.717) is 23.2 Å². The summed E-state index contributed by atoms with van der Waals surface area (Å²) in [6, 6.07) is 9.50. The van der Waals surface area contributed by atoms with Crippen LogP contribution in [-0.2, 0) is 6.54 Å². The zero-order valence-corrected chi connectivity index (χ0v) is 18.9. The fraction of sp³-hybridized carbons (Fsp3) is 0.292. The molecule has 0 fully saturated rings. The number of rotatable bonds is 6. The highest BCUT2D eigenvalue weighted by Gasteiger charge is 2.17. The van der Waals surface area contributed by atoms with Crippen LogP contribution in [0.1, 0.15) is 36.7 Å². The van der Waals surface area contributed by atoms with Crippen molar-refractivity contribution in [1.82, 2.24) is 30.0 Å². The number of benzene rings is 1. The van der Waals surface area contributed by atoms with E-state index in [1.807, 2.05) is 46.9 Å². The molecule has 0 aliphatic rings. The van der Waals surface area contributed by atoms with E-state index in [2.05, 4.69) is 31.5 Å². The first-order chi connectivity index (χ1) is 15.4. The SMILES string of the molecule is CNCc1ccc(-c2nnc(-c3cncc(-c4ccc(=O)n(C(C)C)c4C)n3)o2)c(C)c1. The van der Waals surface area contributed by atoms with Crippen LogP contribution in [0.4, 0.5) is 0 Å². The van der Waals surface area contributed by atoms with Gasteiger partial charge in [0.1, 0.15) is 5.69 Å². The summed E-state index contributed by atoms with van der Waals surface area (Å²) >= 11 is 0. The van der Waals surface area contributed by atoms with Gasteiger partial charge in [-0.1, -0.05) is 12.1 Å². The van der Waals surface area contributed by atoms with Gasteiger partial charge in [0.25, 0.3) is 11.4 Å². The second-order valence-corrected chi connectivity index (χ2v) is 8.02. The Hall–Kier alpha value is -3.65. The quantitative estimate of drug-likeness (QED) is 0.495. The minimum absolute atomic E-state index is 0.0389. The van der Waals surface area contributed by atoms with E-state index < -0.39 is 0 Å². The molecule has 0 aliphatic carbocycles. The Morgan fingerprint density at radius 3 is 2.44 bits per heavy atom. The van der Waals surface area contributed by atoms with Crippen LogP contribution in [0, 0.1) is 13.8 Å². The maximum atomic E-state index is 12.3.